The Bertz CT molecular complexity index is 1030. The lowest BCUT2D eigenvalue weighted by Gasteiger charge is -2.29. The number of urea groups is 1. The first-order valence-electron chi connectivity index (χ1n) is 9.56. The van der Waals surface area contributed by atoms with Crippen LogP contribution in [0.15, 0.2) is 35.5 Å². The molecule has 0 bridgehead atoms. The molecule has 2 aromatic rings. The molecule has 3 rings (SSSR count). The van der Waals surface area contributed by atoms with E-state index in [1.807, 2.05) is 0 Å². The van der Waals surface area contributed by atoms with E-state index < -0.39 is 24.0 Å². The Morgan fingerprint density at radius 2 is 1.84 bits per heavy atom. The van der Waals surface area contributed by atoms with Crippen LogP contribution >= 0.6 is 11.3 Å². The van der Waals surface area contributed by atoms with Crippen molar-refractivity contribution in [3.05, 3.63) is 56.7 Å². The fourth-order valence-corrected chi connectivity index (χ4v) is 3.97. The fourth-order valence-electron chi connectivity index (χ4n) is 3.15. The van der Waals surface area contributed by atoms with Gasteiger partial charge in [0.05, 0.1) is 41.7 Å². The van der Waals surface area contributed by atoms with Crippen LogP contribution < -0.4 is 15.4 Å². The molecule has 9 nitrogen and oxygen atoms in total. The van der Waals surface area contributed by atoms with Crippen LogP contribution in [0.2, 0.25) is 0 Å². The summed E-state index contributed by atoms with van der Waals surface area (Å²) in [4.78, 5) is 42.1. The SMILES string of the molecule is CCOC(=O)C1=C(COC(=O)c2sc(C)nc2C)NC(=O)NC1c1ccc(OC)cc1. The minimum atomic E-state index is -0.778. The molecule has 1 aromatic heterocycles. The second-order valence-electron chi connectivity index (χ2n) is 6.64. The van der Waals surface area contributed by atoms with Crippen molar-refractivity contribution in [1.29, 1.82) is 0 Å². The molecule has 0 saturated carbocycles. The van der Waals surface area contributed by atoms with Crippen molar-refractivity contribution in [2.45, 2.75) is 26.8 Å². The number of hydrogen-bond acceptors (Lipinski definition) is 8. The number of aromatic nitrogens is 1. The molecule has 0 saturated heterocycles. The van der Waals surface area contributed by atoms with E-state index in [9.17, 15) is 14.4 Å². The van der Waals surface area contributed by atoms with E-state index in [4.69, 9.17) is 14.2 Å². The summed E-state index contributed by atoms with van der Waals surface area (Å²) >= 11 is 1.22. The van der Waals surface area contributed by atoms with Crippen LogP contribution in [-0.4, -0.2) is 43.3 Å². The van der Waals surface area contributed by atoms with E-state index in [0.717, 1.165) is 5.01 Å². The molecule has 0 aliphatic carbocycles. The number of carbonyl (C=O) groups excluding carboxylic acids is 3. The van der Waals surface area contributed by atoms with Crippen LogP contribution in [0.25, 0.3) is 0 Å². The molecule has 1 aliphatic rings. The van der Waals surface area contributed by atoms with Crippen LogP contribution in [-0.2, 0) is 14.3 Å². The van der Waals surface area contributed by atoms with Gasteiger partial charge in [-0.3, -0.25) is 0 Å². The summed E-state index contributed by atoms with van der Waals surface area (Å²) in [7, 11) is 1.55. The Kier molecular flexibility index (Phi) is 6.91. The van der Waals surface area contributed by atoms with Crippen molar-refractivity contribution in [2.24, 2.45) is 0 Å². The predicted octanol–water partition coefficient (Wildman–Crippen LogP) is 2.80. The highest BCUT2D eigenvalue weighted by Gasteiger charge is 2.34. The minimum absolute atomic E-state index is 0.151. The standard InChI is InChI=1S/C21H23N3O6S/c1-5-29-19(25)16-15(10-30-20(26)18-11(2)22-12(3)31-18)23-21(27)24-17(16)13-6-8-14(28-4)9-7-13/h6-9,17H,5,10H2,1-4H3,(H2,23,24,27). The molecule has 31 heavy (non-hydrogen) atoms. The number of amides is 2. The highest BCUT2D eigenvalue weighted by Crippen LogP contribution is 2.29. The quantitative estimate of drug-likeness (QED) is 0.630. The van der Waals surface area contributed by atoms with Gasteiger partial charge in [0.2, 0.25) is 0 Å². The van der Waals surface area contributed by atoms with Crippen LogP contribution in [0.3, 0.4) is 0 Å². The summed E-state index contributed by atoms with van der Waals surface area (Å²) in [5.41, 5.74) is 1.54. The van der Waals surface area contributed by atoms with E-state index >= 15 is 0 Å². The number of methoxy groups -OCH3 is 1. The van der Waals surface area contributed by atoms with Gasteiger partial charge >= 0.3 is 18.0 Å². The fraction of sp³-hybridized carbons (Fsp3) is 0.333. The maximum Gasteiger partial charge on any atom is 0.350 e. The maximum absolute atomic E-state index is 12.7. The summed E-state index contributed by atoms with van der Waals surface area (Å²) in [6, 6.07) is 5.62. The van der Waals surface area contributed by atoms with Crippen LogP contribution in [0.1, 0.15) is 38.9 Å². The number of benzene rings is 1. The van der Waals surface area contributed by atoms with E-state index in [0.29, 0.717) is 21.9 Å². The lowest BCUT2D eigenvalue weighted by molar-refractivity contribution is -0.139. The molecule has 1 aromatic carbocycles. The second kappa shape index (κ2) is 9.61. The van der Waals surface area contributed by atoms with Crippen LogP contribution in [0.4, 0.5) is 4.79 Å². The van der Waals surface area contributed by atoms with E-state index in [1.165, 1.54) is 11.3 Å². The molecule has 2 heterocycles. The van der Waals surface area contributed by atoms with E-state index in [1.54, 1.807) is 52.1 Å². The molecule has 1 unspecified atom stereocenters. The van der Waals surface area contributed by atoms with Gasteiger partial charge < -0.3 is 24.8 Å². The highest BCUT2D eigenvalue weighted by molar-refractivity contribution is 7.13. The molecule has 0 fully saturated rings. The Morgan fingerprint density at radius 1 is 1.13 bits per heavy atom. The third-order valence-electron chi connectivity index (χ3n) is 4.53. The van der Waals surface area contributed by atoms with Gasteiger partial charge in [0, 0.05) is 0 Å². The molecule has 2 N–H and O–H groups in total. The topological polar surface area (TPSA) is 116 Å². The largest absolute Gasteiger partial charge is 0.497 e. The van der Waals surface area contributed by atoms with Crippen molar-refractivity contribution in [2.75, 3.05) is 20.3 Å². The molecule has 0 radical (unpaired) electrons. The second-order valence-corrected chi connectivity index (χ2v) is 7.84. The Balaban J connectivity index is 1.93. The first-order chi connectivity index (χ1) is 14.8. The lowest BCUT2D eigenvalue weighted by atomic mass is 9.95. The normalized spacial score (nSPS) is 15.7. The first-order valence-corrected chi connectivity index (χ1v) is 10.4. The molecule has 2 amide bonds. The number of ether oxygens (including phenoxy) is 3. The summed E-state index contributed by atoms with van der Waals surface area (Å²) in [5, 5.41) is 6.03. The molecule has 164 valence electrons. The molecule has 1 aliphatic heterocycles. The van der Waals surface area contributed by atoms with Crippen molar-refractivity contribution in [3.8, 4) is 5.75 Å². The minimum Gasteiger partial charge on any atom is -0.497 e. The van der Waals surface area contributed by atoms with Crippen LogP contribution in [0.5, 0.6) is 5.75 Å². The molecular weight excluding hydrogens is 422 g/mol. The zero-order valence-electron chi connectivity index (χ0n) is 17.6. The van der Waals surface area contributed by atoms with Gasteiger partial charge in [-0.05, 0) is 38.5 Å². The molecule has 10 heteroatoms. The number of carbonyl (C=O) groups is 3. The van der Waals surface area contributed by atoms with Gasteiger partial charge in [-0.1, -0.05) is 12.1 Å². The van der Waals surface area contributed by atoms with Crippen molar-refractivity contribution in [1.82, 2.24) is 15.6 Å². The van der Waals surface area contributed by atoms with E-state index in [2.05, 4.69) is 15.6 Å². The van der Waals surface area contributed by atoms with Gasteiger partial charge in [0.15, 0.2) is 0 Å². The Morgan fingerprint density at radius 3 is 2.42 bits per heavy atom. The summed E-state index contributed by atoms with van der Waals surface area (Å²) < 4.78 is 15.8. The summed E-state index contributed by atoms with van der Waals surface area (Å²) in [6.07, 6.45) is 0. The van der Waals surface area contributed by atoms with Gasteiger partial charge in [0.25, 0.3) is 0 Å². The third-order valence-corrected chi connectivity index (χ3v) is 5.59. The van der Waals surface area contributed by atoms with E-state index in [-0.39, 0.29) is 24.5 Å². The molecule has 0 spiro atoms. The van der Waals surface area contributed by atoms with Gasteiger partial charge in [0.1, 0.15) is 17.2 Å². The smallest absolute Gasteiger partial charge is 0.350 e. The number of nitrogens with one attached hydrogen (secondary N) is 2. The lowest BCUT2D eigenvalue weighted by Crippen LogP contribution is -2.47. The molecular formula is C21H23N3O6S. The third kappa shape index (κ3) is 5.02. The number of esters is 2. The zero-order chi connectivity index (χ0) is 22.5. The summed E-state index contributed by atoms with van der Waals surface area (Å²) in [5.74, 6) is -0.561. The Labute approximate surface area is 183 Å². The maximum atomic E-state index is 12.7. The first kappa shape index (κ1) is 22.3. The predicted molar refractivity (Wildman–Crippen MR) is 113 cm³/mol. The Hall–Kier alpha value is -3.40. The van der Waals surface area contributed by atoms with Crippen molar-refractivity contribution >= 4 is 29.3 Å². The summed E-state index contributed by atoms with van der Waals surface area (Å²) in [6.45, 7) is 5.05. The number of thiazole rings is 1. The average Bonchev–Trinajstić information content (AvgIpc) is 3.09. The van der Waals surface area contributed by atoms with Crippen molar-refractivity contribution < 1.29 is 28.6 Å². The number of hydrogen-bond donors (Lipinski definition) is 2. The van der Waals surface area contributed by atoms with Gasteiger partial charge in [-0.2, -0.15) is 0 Å². The number of nitrogens with zero attached hydrogens (tertiary/aromatic N) is 1. The van der Waals surface area contributed by atoms with Gasteiger partial charge in [-0.25, -0.2) is 19.4 Å². The highest BCUT2D eigenvalue weighted by atomic mass is 32.1. The van der Waals surface area contributed by atoms with Crippen LogP contribution in [0, 0.1) is 13.8 Å². The molecule has 1 atom stereocenters. The number of rotatable bonds is 7. The van der Waals surface area contributed by atoms with Gasteiger partial charge in [-0.15, -0.1) is 11.3 Å². The monoisotopic (exact) mass is 445 g/mol. The number of aryl methyl sites for hydroxylation is 2. The average molecular weight is 445 g/mol. The zero-order valence-corrected chi connectivity index (χ0v) is 18.4. The van der Waals surface area contributed by atoms with Crippen molar-refractivity contribution in [3.63, 3.8) is 0 Å².